The second kappa shape index (κ2) is 7.86. The van der Waals surface area contributed by atoms with Gasteiger partial charge >= 0.3 is 0 Å². The van der Waals surface area contributed by atoms with Crippen molar-refractivity contribution in [3.05, 3.63) is 24.0 Å². The zero-order valence-electron chi connectivity index (χ0n) is 15.7. The molecule has 2 amide bonds. The lowest BCUT2D eigenvalue weighted by Gasteiger charge is -2.31. The minimum Gasteiger partial charge on any atom is -0.353 e. The topological polar surface area (TPSA) is 45.6 Å². The number of hydrogen-bond acceptors (Lipinski definition) is 2. The van der Waals surface area contributed by atoms with Crippen molar-refractivity contribution in [3.63, 3.8) is 0 Å². The fourth-order valence-electron chi connectivity index (χ4n) is 2.88. The zero-order valence-corrected chi connectivity index (χ0v) is 15.7. The lowest BCUT2D eigenvalue weighted by molar-refractivity contribution is -0.143. The van der Waals surface area contributed by atoms with E-state index in [9.17, 15) is 9.59 Å². The average Bonchev–Trinajstić information content (AvgIpc) is 3.27. The van der Waals surface area contributed by atoms with Gasteiger partial charge in [-0.05, 0) is 44.7 Å². The van der Waals surface area contributed by atoms with Crippen LogP contribution in [0.2, 0.25) is 0 Å². The van der Waals surface area contributed by atoms with E-state index in [1.54, 1.807) is 4.90 Å². The number of carbonyl (C=O) groups is 2. The van der Waals surface area contributed by atoms with Crippen molar-refractivity contribution in [3.8, 4) is 0 Å². The van der Waals surface area contributed by atoms with E-state index in [0.717, 1.165) is 18.5 Å². The number of aryl methyl sites for hydroxylation is 1. The van der Waals surface area contributed by atoms with Gasteiger partial charge in [-0.1, -0.05) is 13.8 Å². The highest BCUT2D eigenvalue weighted by atomic mass is 16.2. The van der Waals surface area contributed by atoms with Crippen LogP contribution < -0.4 is 0 Å². The maximum Gasteiger partial charge on any atom is 0.242 e. The van der Waals surface area contributed by atoms with Crippen LogP contribution in [0.25, 0.3) is 0 Å². The predicted octanol–water partition coefficient (Wildman–Crippen LogP) is 2.66. The SMILES string of the molecule is CC(C)CN(Cc1cccn1C)C(=O)CN(C(=O)C1CC1)C(C)C. The highest BCUT2D eigenvalue weighted by Gasteiger charge is 2.35. The molecule has 5 nitrogen and oxygen atoms in total. The quantitative estimate of drug-likeness (QED) is 0.734. The molecule has 0 N–H and O–H groups in total. The van der Waals surface area contributed by atoms with E-state index in [0.29, 0.717) is 19.0 Å². The molecule has 1 saturated carbocycles. The summed E-state index contributed by atoms with van der Waals surface area (Å²) in [5.41, 5.74) is 1.11. The number of carbonyl (C=O) groups excluding carboxylic acids is 2. The third kappa shape index (κ3) is 4.86. The standard InChI is InChI=1S/C19H31N3O2/c1-14(2)11-21(12-17-7-6-10-20(17)5)18(23)13-22(15(3)4)19(24)16-8-9-16/h6-7,10,14-16H,8-9,11-13H2,1-5H3. The van der Waals surface area contributed by atoms with Crippen LogP contribution >= 0.6 is 0 Å². The van der Waals surface area contributed by atoms with E-state index in [1.807, 2.05) is 48.7 Å². The largest absolute Gasteiger partial charge is 0.353 e. The summed E-state index contributed by atoms with van der Waals surface area (Å²) < 4.78 is 2.04. The molecule has 0 atom stereocenters. The van der Waals surface area contributed by atoms with E-state index in [-0.39, 0.29) is 30.3 Å². The molecule has 0 aliphatic heterocycles. The van der Waals surface area contributed by atoms with E-state index in [4.69, 9.17) is 0 Å². The van der Waals surface area contributed by atoms with Crippen molar-refractivity contribution in [2.45, 2.75) is 53.1 Å². The van der Waals surface area contributed by atoms with Crippen molar-refractivity contribution in [1.29, 1.82) is 0 Å². The summed E-state index contributed by atoms with van der Waals surface area (Å²) in [5.74, 6) is 0.710. The van der Waals surface area contributed by atoms with Crippen LogP contribution in [-0.4, -0.2) is 45.3 Å². The smallest absolute Gasteiger partial charge is 0.242 e. The molecule has 24 heavy (non-hydrogen) atoms. The molecule has 1 fully saturated rings. The summed E-state index contributed by atoms with van der Waals surface area (Å²) >= 11 is 0. The van der Waals surface area contributed by atoms with Gasteiger partial charge in [-0.25, -0.2) is 0 Å². The van der Waals surface area contributed by atoms with Gasteiger partial charge in [0.15, 0.2) is 0 Å². The lowest BCUT2D eigenvalue weighted by Crippen LogP contribution is -2.47. The first-order valence-electron chi connectivity index (χ1n) is 8.98. The van der Waals surface area contributed by atoms with Gasteiger partial charge in [0, 0.05) is 37.4 Å². The molecule has 0 bridgehead atoms. The van der Waals surface area contributed by atoms with Crippen molar-refractivity contribution in [2.75, 3.05) is 13.1 Å². The Balaban J connectivity index is 2.07. The maximum atomic E-state index is 12.9. The molecule has 5 heteroatoms. The minimum atomic E-state index is 0.0348. The highest BCUT2D eigenvalue weighted by molar-refractivity contribution is 5.87. The summed E-state index contributed by atoms with van der Waals surface area (Å²) in [4.78, 5) is 29.0. The number of aromatic nitrogens is 1. The lowest BCUT2D eigenvalue weighted by atomic mass is 10.2. The van der Waals surface area contributed by atoms with Gasteiger partial charge in [-0.2, -0.15) is 0 Å². The Morgan fingerprint density at radius 2 is 1.92 bits per heavy atom. The first-order valence-corrected chi connectivity index (χ1v) is 8.98. The summed E-state index contributed by atoms with van der Waals surface area (Å²) in [7, 11) is 1.99. The van der Waals surface area contributed by atoms with E-state index >= 15 is 0 Å². The molecule has 1 aromatic rings. The third-order valence-corrected chi connectivity index (χ3v) is 4.48. The Morgan fingerprint density at radius 1 is 1.25 bits per heavy atom. The monoisotopic (exact) mass is 333 g/mol. The van der Waals surface area contributed by atoms with Gasteiger partial charge in [0.05, 0.1) is 13.1 Å². The first kappa shape index (κ1) is 18.6. The first-order chi connectivity index (χ1) is 11.3. The molecule has 1 aromatic heterocycles. The Kier molecular flexibility index (Phi) is 6.08. The molecule has 1 aliphatic carbocycles. The Bertz CT molecular complexity index is 573. The van der Waals surface area contributed by atoms with Gasteiger partial charge in [0.2, 0.25) is 11.8 Å². The second-order valence-electron chi connectivity index (χ2n) is 7.61. The molecule has 0 spiro atoms. The molecule has 134 valence electrons. The summed E-state index contributed by atoms with van der Waals surface area (Å²) in [6.45, 7) is 9.67. The number of rotatable bonds is 8. The highest BCUT2D eigenvalue weighted by Crippen LogP contribution is 2.31. The maximum absolute atomic E-state index is 12.9. The Morgan fingerprint density at radius 3 is 2.38 bits per heavy atom. The van der Waals surface area contributed by atoms with Crippen LogP contribution in [0.5, 0.6) is 0 Å². The number of nitrogens with zero attached hydrogens (tertiary/aromatic N) is 3. The van der Waals surface area contributed by atoms with Gasteiger partial charge in [0.1, 0.15) is 0 Å². The van der Waals surface area contributed by atoms with Gasteiger partial charge in [0.25, 0.3) is 0 Å². The van der Waals surface area contributed by atoms with Crippen LogP contribution in [-0.2, 0) is 23.2 Å². The minimum absolute atomic E-state index is 0.0348. The summed E-state index contributed by atoms with van der Waals surface area (Å²) in [5, 5.41) is 0. The van der Waals surface area contributed by atoms with Crippen LogP contribution in [0.3, 0.4) is 0 Å². The number of amides is 2. The van der Waals surface area contributed by atoms with Crippen LogP contribution in [0, 0.1) is 11.8 Å². The third-order valence-electron chi connectivity index (χ3n) is 4.48. The molecule has 0 unspecified atom stereocenters. The Labute approximate surface area is 145 Å². The molecule has 0 aromatic carbocycles. The van der Waals surface area contributed by atoms with Crippen LogP contribution in [0.15, 0.2) is 18.3 Å². The van der Waals surface area contributed by atoms with Gasteiger partial charge in [-0.15, -0.1) is 0 Å². The van der Waals surface area contributed by atoms with Gasteiger partial charge < -0.3 is 14.4 Å². The summed E-state index contributed by atoms with van der Waals surface area (Å²) in [6.07, 6.45) is 3.93. The van der Waals surface area contributed by atoms with Crippen molar-refractivity contribution < 1.29 is 9.59 Å². The molecule has 1 aliphatic rings. The average molecular weight is 333 g/mol. The zero-order chi connectivity index (χ0) is 17.9. The van der Waals surface area contributed by atoms with E-state index in [2.05, 4.69) is 13.8 Å². The summed E-state index contributed by atoms with van der Waals surface area (Å²) in [6, 6.07) is 4.08. The molecule has 1 heterocycles. The van der Waals surface area contributed by atoms with Crippen molar-refractivity contribution in [2.24, 2.45) is 18.9 Å². The fraction of sp³-hybridized carbons (Fsp3) is 0.684. The van der Waals surface area contributed by atoms with Crippen LogP contribution in [0.4, 0.5) is 0 Å². The van der Waals surface area contributed by atoms with Crippen molar-refractivity contribution in [1.82, 2.24) is 14.4 Å². The molecule has 0 saturated heterocycles. The second-order valence-corrected chi connectivity index (χ2v) is 7.61. The Hall–Kier alpha value is -1.78. The van der Waals surface area contributed by atoms with Crippen molar-refractivity contribution >= 4 is 11.8 Å². The molecule has 0 radical (unpaired) electrons. The van der Waals surface area contributed by atoms with E-state index in [1.165, 1.54) is 0 Å². The molecule has 2 rings (SSSR count). The van der Waals surface area contributed by atoms with Gasteiger partial charge in [-0.3, -0.25) is 9.59 Å². The van der Waals surface area contributed by atoms with E-state index < -0.39 is 0 Å². The molecular weight excluding hydrogens is 302 g/mol. The fourth-order valence-corrected chi connectivity index (χ4v) is 2.88. The normalized spacial score (nSPS) is 14.3. The predicted molar refractivity (Wildman–Crippen MR) is 95.2 cm³/mol. The number of hydrogen-bond donors (Lipinski definition) is 0. The molecular formula is C19H31N3O2. The van der Waals surface area contributed by atoms with Crippen LogP contribution in [0.1, 0.15) is 46.2 Å².